The van der Waals surface area contributed by atoms with Crippen LogP contribution >= 0.6 is 11.6 Å². The minimum Gasteiger partial charge on any atom is -0.507 e. The van der Waals surface area contributed by atoms with Gasteiger partial charge in [0, 0.05) is 24.7 Å². The van der Waals surface area contributed by atoms with Crippen LogP contribution in [0.1, 0.15) is 40.1 Å². The zero-order chi connectivity index (χ0) is 29.4. The average molecular weight is 594 g/mol. The van der Waals surface area contributed by atoms with Crippen LogP contribution in [0.4, 0.5) is 0 Å². The van der Waals surface area contributed by atoms with Gasteiger partial charge in [-0.3, -0.25) is 4.90 Å². The lowest BCUT2D eigenvalue weighted by molar-refractivity contribution is 0.0523. The number of ether oxygens (including phenoxy) is 1. The van der Waals surface area contributed by atoms with Crippen molar-refractivity contribution in [2.24, 2.45) is 0 Å². The number of carbonyl (C=O) groups excluding carboxylic acids is 1. The fourth-order valence-corrected chi connectivity index (χ4v) is 5.94. The van der Waals surface area contributed by atoms with E-state index in [2.05, 4.69) is 4.90 Å². The number of benzene rings is 4. The fourth-order valence-electron chi connectivity index (χ4n) is 4.46. The molecular weight excluding hydrogens is 562 g/mol. The van der Waals surface area contributed by atoms with Crippen molar-refractivity contribution in [2.75, 3.05) is 19.7 Å². The van der Waals surface area contributed by atoms with E-state index in [-0.39, 0.29) is 22.0 Å². The molecule has 0 saturated carbocycles. The second-order valence-electron chi connectivity index (χ2n) is 9.59. The van der Waals surface area contributed by atoms with Crippen molar-refractivity contribution < 1.29 is 28.2 Å². The van der Waals surface area contributed by atoms with E-state index in [0.29, 0.717) is 31.1 Å². The molecule has 0 spiro atoms. The van der Waals surface area contributed by atoms with Crippen molar-refractivity contribution in [3.05, 3.63) is 124 Å². The van der Waals surface area contributed by atoms with Crippen LogP contribution < -0.4 is 0 Å². The Balaban J connectivity index is 1.46. The summed E-state index contributed by atoms with van der Waals surface area (Å²) in [6.45, 7) is 3.44. The molecule has 0 saturated heterocycles. The van der Waals surface area contributed by atoms with Crippen LogP contribution in [-0.4, -0.2) is 49.2 Å². The minimum atomic E-state index is -3.92. The Bertz CT molecular complexity index is 1580. The Kier molecular flexibility index (Phi) is 10.2. The van der Waals surface area contributed by atoms with Gasteiger partial charge in [-0.15, -0.1) is 0 Å². The third-order valence-corrected chi connectivity index (χ3v) is 8.64. The molecule has 0 aliphatic rings. The summed E-state index contributed by atoms with van der Waals surface area (Å²) in [7, 11) is -3.92. The zero-order valence-corrected chi connectivity index (χ0v) is 24.2. The van der Waals surface area contributed by atoms with Crippen molar-refractivity contribution >= 4 is 27.4 Å². The molecule has 4 rings (SSSR count). The summed E-state index contributed by atoms with van der Waals surface area (Å²) in [4.78, 5) is 14.0. The molecule has 4 aromatic carbocycles. The smallest absolute Gasteiger partial charge is 0.341 e. The number of aliphatic hydroxyl groups is 1. The van der Waals surface area contributed by atoms with Crippen molar-refractivity contribution in [1.29, 1.82) is 0 Å². The molecule has 1 atom stereocenters. The molecule has 0 radical (unpaired) electrons. The highest BCUT2D eigenvalue weighted by atomic mass is 35.5. The van der Waals surface area contributed by atoms with Crippen molar-refractivity contribution in [3.63, 3.8) is 0 Å². The minimum absolute atomic E-state index is 0.0713. The molecule has 0 heterocycles. The first-order valence-corrected chi connectivity index (χ1v) is 15.1. The lowest BCUT2D eigenvalue weighted by Gasteiger charge is -2.25. The summed E-state index contributed by atoms with van der Waals surface area (Å²) in [6.07, 6.45) is -0.0960. The lowest BCUT2D eigenvalue weighted by atomic mass is 10.1. The summed E-state index contributed by atoms with van der Waals surface area (Å²) >= 11 is 6.12. The van der Waals surface area contributed by atoms with Gasteiger partial charge in [0.1, 0.15) is 11.3 Å². The normalized spacial score (nSPS) is 12.3. The highest BCUT2D eigenvalue weighted by Crippen LogP contribution is 2.27. The molecule has 0 amide bonds. The first-order chi connectivity index (χ1) is 19.7. The molecule has 214 valence electrons. The van der Waals surface area contributed by atoms with Crippen LogP contribution in [0, 0.1) is 0 Å². The molecule has 0 aromatic heterocycles. The molecular formula is C32H32ClNO6S. The van der Waals surface area contributed by atoms with E-state index in [1.54, 1.807) is 31.2 Å². The Morgan fingerprint density at radius 3 is 2.27 bits per heavy atom. The highest BCUT2D eigenvalue weighted by molar-refractivity contribution is 7.91. The van der Waals surface area contributed by atoms with E-state index < -0.39 is 27.7 Å². The molecule has 0 unspecified atom stereocenters. The number of esters is 1. The van der Waals surface area contributed by atoms with Gasteiger partial charge in [-0.2, -0.15) is 0 Å². The molecule has 0 bridgehead atoms. The van der Waals surface area contributed by atoms with E-state index in [1.807, 2.05) is 42.5 Å². The second-order valence-corrected chi connectivity index (χ2v) is 12.0. The second kappa shape index (κ2) is 13.8. The molecule has 9 heteroatoms. The number of phenols is 1. The number of carbonyl (C=O) groups is 1. The molecule has 0 aliphatic heterocycles. The number of aliphatic hydroxyl groups excluding tert-OH is 1. The van der Waals surface area contributed by atoms with Crippen molar-refractivity contribution in [1.82, 2.24) is 4.90 Å². The van der Waals surface area contributed by atoms with Gasteiger partial charge < -0.3 is 14.9 Å². The first-order valence-electron chi connectivity index (χ1n) is 13.2. The molecule has 0 fully saturated rings. The van der Waals surface area contributed by atoms with Crippen LogP contribution in [-0.2, 0) is 27.5 Å². The van der Waals surface area contributed by atoms with E-state index in [1.165, 1.54) is 24.3 Å². The Hall–Kier alpha value is -3.69. The summed E-state index contributed by atoms with van der Waals surface area (Å²) in [5.74, 6) is -1.18. The van der Waals surface area contributed by atoms with Crippen LogP contribution in [0.5, 0.6) is 5.75 Å². The summed E-state index contributed by atoms with van der Waals surface area (Å²) in [5, 5.41) is 21.7. The van der Waals surface area contributed by atoms with Crippen LogP contribution in [0.25, 0.3) is 0 Å². The van der Waals surface area contributed by atoms with Gasteiger partial charge in [-0.25, -0.2) is 13.2 Å². The Morgan fingerprint density at radius 2 is 1.61 bits per heavy atom. The summed E-state index contributed by atoms with van der Waals surface area (Å²) < 4.78 is 31.2. The number of nitrogens with zero attached hydrogens (tertiary/aromatic N) is 1. The van der Waals surface area contributed by atoms with Gasteiger partial charge in [0.25, 0.3) is 0 Å². The SMILES string of the molecule is CCOC(=O)c1ccc(S(=O)(=O)c2ccc(CCN(Cc3ccccc3)C[C@H](O)c3cccc(Cl)c3)cc2)cc1O. The van der Waals surface area contributed by atoms with E-state index in [0.717, 1.165) is 22.8 Å². The van der Waals surface area contributed by atoms with E-state index in [9.17, 15) is 23.4 Å². The lowest BCUT2D eigenvalue weighted by Crippen LogP contribution is -2.30. The predicted octanol–water partition coefficient (Wildman–Crippen LogP) is 5.83. The maximum absolute atomic E-state index is 13.2. The quantitative estimate of drug-likeness (QED) is 0.199. The molecule has 2 N–H and O–H groups in total. The van der Waals surface area contributed by atoms with Gasteiger partial charge in [-0.05, 0) is 72.5 Å². The Labute approximate surface area is 245 Å². The number of halogens is 1. The summed E-state index contributed by atoms with van der Waals surface area (Å²) in [6, 6.07) is 27.3. The largest absolute Gasteiger partial charge is 0.507 e. The van der Waals surface area contributed by atoms with Gasteiger partial charge in [0.15, 0.2) is 0 Å². The maximum atomic E-state index is 13.2. The molecule has 4 aromatic rings. The topological polar surface area (TPSA) is 104 Å². The third-order valence-electron chi connectivity index (χ3n) is 6.64. The highest BCUT2D eigenvalue weighted by Gasteiger charge is 2.22. The number of hydrogen-bond acceptors (Lipinski definition) is 7. The van der Waals surface area contributed by atoms with E-state index in [4.69, 9.17) is 16.3 Å². The maximum Gasteiger partial charge on any atom is 0.341 e. The number of sulfone groups is 1. The number of rotatable bonds is 12. The van der Waals surface area contributed by atoms with Crippen molar-refractivity contribution in [3.8, 4) is 5.75 Å². The monoisotopic (exact) mass is 593 g/mol. The molecule has 7 nitrogen and oxygen atoms in total. The summed E-state index contributed by atoms with van der Waals surface area (Å²) in [5.41, 5.74) is 2.69. The van der Waals surface area contributed by atoms with Crippen molar-refractivity contribution in [2.45, 2.75) is 35.8 Å². The van der Waals surface area contributed by atoms with Crippen LogP contribution in [0.15, 0.2) is 107 Å². The number of hydrogen-bond donors (Lipinski definition) is 2. The fraction of sp³-hybridized carbons (Fsp3) is 0.219. The Morgan fingerprint density at radius 1 is 0.902 bits per heavy atom. The predicted molar refractivity (Wildman–Crippen MR) is 158 cm³/mol. The molecule has 0 aliphatic carbocycles. The van der Waals surface area contributed by atoms with Crippen LogP contribution in [0.3, 0.4) is 0 Å². The third kappa shape index (κ3) is 7.95. The van der Waals surface area contributed by atoms with E-state index >= 15 is 0 Å². The van der Waals surface area contributed by atoms with Gasteiger partial charge in [0.05, 0.1) is 22.5 Å². The standard InChI is InChI=1S/C32H32ClNO6S/c1-2-40-32(37)29-16-15-28(20-30(29)35)41(38,39)27-13-11-23(12-14-27)17-18-34(21-24-7-4-3-5-8-24)22-31(36)25-9-6-10-26(33)19-25/h3-16,19-20,31,35-36H,2,17-18,21-22H2,1H3/t31-/m0/s1. The van der Waals surface area contributed by atoms with Gasteiger partial charge >= 0.3 is 5.97 Å². The molecule has 41 heavy (non-hydrogen) atoms. The number of aromatic hydroxyl groups is 1. The van der Waals surface area contributed by atoms with Crippen LogP contribution in [0.2, 0.25) is 5.02 Å². The first kappa shape index (κ1) is 30.3. The zero-order valence-electron chi connectivity index (χ0n) is 22.6. The number of phenolic OH excluding ortho intramolecular Hbond substituents is 1. The van der Waals surface area contributed by atoms with Gasteiger partial charge in [-0.1, -0.05) is 66.2 Å². The average Bonchev–Trinajstić information content (AvgIpc) is 2.96. The van der Waals surface area contributed by atoms with Gasteiger partial charge in [0.2, 0.25) is 9.84 Å².